The van der Waals surface area contributed by atoms with Crippen LogP contribution >= 0.6 is 0 Å². The lowest BCUT2D eigenvalue weighted by atomic mass is 10.2. The van der Waals surface area contributed by atoms with Crippen LogP contribution in [0.1, 0.15) is 11.4 Å². The van der Waals surface area contributed by atoms with Crippen molar-refractivity contribution in [3.8, 4) is 0 Å². The Hall–Kier alpha value is -2.21. The molecule has 2 heterocycles. The Morgan fingerprint density at radius 3 is 2.80 bits per heavy atom. The van der Waals surface area contributed by atoms with Gasteiger partial charge in [-0.1, -0.05) is 12.1 Å². The zero-order chi connectivity index (χ0) is 13.9. The fourth-order valence-corrected chi connectivity index (χ4v) is 2.26. The molecule has 3 rings (SSSR count). The van der Waals surface area contributed by atoms with Gasteiger partial charge in [-0.05, 0) is 25.6 Å². The summed E-state index contributed by atoms with van der Waals surface area (Å²) in [5, 5.41) is 7.60. The number of fused-ring (bicyclic) bond motifs is 1. The molecule has 0 amide bonds. The highest BCUT2D eigenvalue weighted by molar-refractivity contribution is 5.78. The van der Waals surface area contributed by atoms with Crippen LogP contribution in [-0.4, -0.2) is 43.2 Å². The molecule has 0 radical (unpaired) electrons. The molecule has 0 spiro atoms. The van der Waals surface area contributed by atoms with E-state index in [1.807, 2.05) is 4.57 Å². The first-order chi connectivity index (χ1) is 9.72. The summed E-state index contributed by atoms with van der Waals surface area (Å²) in [7, 11) is 2.09. The fourth-order valence-electron chi connectivity index (χ4n) is 2.26. The summed E-state index contributed by atoms with van der Waals surface area (Å²) in [6.45, 7) is 4.69. The predicted molar refractivity (Wildman–Crippen MR) is 77.2 cm³/mol. The second kappa shape index (κ2) is 5.42. The Bertz CT molecular complexity index is 685. The molecule has 1 N–H and O–H groups in total. The molecule has 0 saturated heterocycles. The van der Waals surface area contributed by atoms with Gasteiger partial charge in [0.05, 0.1) is 17.6 Å². The quantitative estimate of drug-likeness (QED) is 0.765. The third-order valence-electron chi connectivity index (χ3n) is 3.39. The first-order valence-electron chi connectivity index (χ1n) is 6.67. The molecule has 2 aromatic heterocycles. The van der Waals surface area contributed by atoms with Gasteiger partial charge in [0, 0.05) is 13.1 Å². The lowest BCUT2D eigenvalue weighted by Gasteiger charge is -2.14. The van der Waals surface area contributed by atoms with Crippen LogP contribution in [0.3, 0.4) is 0 Å². The van der Waals surface area contributed by atoms with E-state index in [1.54, 1.807) is 12.7 Å². The van der Waals surface area contributed by atoms with Gasteiger partial charge >= 0.3 is 0 Å². The van der Waals surface area contributed by atoms with Crippen LogP contribution in [0, 0.1) is 6.92 Å². The standard InChI is InChI=1S/C14H18N6/c1-11-4-3-5-12-14(11)18-13(17-12)8-19(2)6-7-20-9-15-16-10-20/h3-5,9-10H,6-8H2,1-2H3,(H,17,18). The van der Waals surface area contributed by atoms with E-state index in [-0.39, 0.29) is 0 Å². The van der Waals surface area contributed by atoms with E-state index < -0.39 is 0 Å². The Labute approximate surface area is 117 Å². The molecule has 104 valence electrons. The largest absolute Gasteiger partial charge is 0.341 e. The average molecular weight is 270 g/mol. The number of aromatic amines is 1. The maximum Gasteiger partial charge on any atom is 0.121 e. The predicted octanol–water partition coefficient (Wildman–Crippen LogP) is 1.59. The highest BCUT2D eigenvalue weighted by Crippen LogP contribution is 2.15. The molecule has 0 atom stereocenters. The Morgan fingerprint density at radius 1 is 1.25 bits per heavy atom. The second-order valence-electron chi connectivity index (χ2n) is 5.09. The second-order valence-corrected chi connectivity index (χ2v) is 5.09. The monoisotopic (exact) mass is 270 g/mol. The van der Waals surface area contributed by atoms with E-state index in [0.29, 0.717) is 0 Å². The maximum atomic E-state index is 4.67. The lowest BCUT2D eigenvalue weighted by Crippen LogP contribution is -2.23. The van der Waals surface area contributed by atoms with Gasteiger partial charge in [-0.3, -0.25) is 4.90 Å². The summed E-state index contributed by atoms with van der Waals surface area (Å²) in [5.41, 5.74) is 3.37. The molecule has 1 aromatic carbocycles. The number of benzene rings is 1. The number of aromatic nitrogens is 5. The van der Waals surface area contributed by atoms with Gasteiger partial charge in [-0.25, -0.2) is 4.98 Å². The van der Waals surface area contributed by atoms with Gasteiger partial charge in [-0.2, -0.15) is 0 Å². The SMILES string of the molecule is Cc1cccc2[nH]c(CN(C)CCn3cnnc3)nc12. The van der Waals surface area contributed by atoms with E-state index in [9.17, 15) is 0 Å². The van der Waals surface area contributed by atoms with Crippen LogP contribution in [0.25, 0.3) is 11.0 Å². The van der Waals surface area contributed by atoms with Crippen LogP contribution in [0.2, 0.25) is 0 Å². The summed E-state index contributed by atoms with van der Waals surface area (Å²) >= 11 is 0. The summed E-state index contributed by atoms with van der Waals surface area (Å²) in [6.07, 6.45) is 3.47. The van der Waals surface area contributed by atoms with Crippen molar-refractivity contribution >= 4 is 11.0 Å². The van der Waals surface area contributed by atoms with Crippen molar-refractivity contribution in [3.63, 3.8) is 0 Å². The molecular weight excluding hydrogens is 252 g/mol. The minimum atomic E-state index is 0.802. The highest BCUT2D eigenvalue weighted by atomic mass is 15.2. The van der Waals surface area contributed by atoms with Crippen LogP contribution in [0.4, 0.5) is 0 Å². The summed E-state index contributed by atoms with van der Waals surface area (Å²) in [4.78, 5) is 10.3. The van der Waals surface area contributed by atoms with E-state index >= 15 is 0 Å². The molecule has 0 bridgehead atoms. The van der Waals surface area contributed by atoms with Crippen molar-refractivity contribution in [2.75, 3.05) is 13.6 Å². The zero-order valence-electron chi connectivity index (χ0n) is 11.7. The van der Waals surface area contributed by atoms with Gasteiger partial charge in [-0.15, -0.1) is 10.2 Å². The third kappa shape index (κ3) is 2.70. The number of nitrogens with one attached hydrogen (secondary N) is 1. The molecule has 20 heavy (non-hydrogen) atoms. The Balaban J connectivity index is 1.65. The zero-order valence-corrected chi connectivity index (χ0v) is 11.7. The Morgan fingerprint density at radius 2 is 2.05 bits per heavy atom. The molecule has 6 nitrogen and oxygen atoms in total. The van der Waals surface area contributed by atoms with E-state index in [4.69, 9.17) is 0 Å². The third-order valence-corrected chi connectivity index (χ3v) is 3.39. The molecule has 6 heteroatoms. The van der Waals surface area contributed by atoms with Crippen LogP contribution in [0.5, 0.6) is 0 Å². The van der Waals surface area contributed by atoms with Crippen LogP contribution < -0.4 is 0 Å². The number of nitrogens with zero attached hydrogens (tertiary/aromatic N) is 5. The molecule has 3 aromatic rings. The summed E-state index contributed by atoms with van der Waals surface area (Å²) < 4.78 is 1.97. The highest BCUT2D eigenvalue weighted by Gasteiger charge is 2.07. The van der Waals surface area contributed by atoms with Crippen molar-refractivity contribution in [3.05, 3.63) is 42.2 Å². The number of hydrogen-bond donors (Lipinski definition) is 1. The first kappa shape index (κ1) is 12.8. The molecule has 0 fully saturated rings. The molecule has 0 unspecified atom stereocenters. The van der Waals surface area contributed by atoms with E-state index in [2.05, 4.69) is 57.2 Å². The van der Waals surface area contributed by atoms with Gasteiger partial charge in [0.25, 0.3) is 0 Å². The fraction of sp³-hybridized carbons (Fsp3) is 0.357. The topological polar surface area (TPSA) is 62.6 Å². The van der Waals surface area contributed by atoms with Crippen molar-refractivity contribution in [1.29, 1.82) is 0 Å². The number of likely N-dealkylation sites (N-methyl/N-ethyl adjacent to an activating group) is 1. The number of hydrogen-bond acceptors (Lipinski definition) is 4. The molecule has 0 aliphatic heterocycles. The Kier molecular flexibility index (Phi) is 3.47. The molecule has 0 saturated carbocycles. The average Bonchev–Trinajstić information content (AvgIpc) is 3.05. The lowest BCUT2D eigenvalue weighted by molar-refractivity contribution is 0.305. The normalized spacial score (nSPS) is 11.6. The maximum absolute atomic E-state index is 4.67. The van der Waals surface area contributed by atoms with Crippen molar-refractivity contribution in [2.45, 2.75) is 20.0 Å². The van der Waals surface area contributed by atoms with Crippen LogP contribution in [0.15, 0.2) is 30.9 Å². The summed E-state index contributed by atoms with van der Waals surface area (Å²) in [6, 6.07) is 6.20. The first-order valence-corrected chi connectivity index (χ1v) is 6.67. The summed E-state index contributed by atoms with van der Waals surface area (Å²) in [5.74, 6) is 1.00. The van der Waals surface area contributed by atoms with Gasteiger partial charge < -0.3 is 9.55 Å². The van der Waals surface area contributed by atoms with Gasteiger partial charge in [0.1, 0.15) is 18.5 Å². The molecular formula is C14H18N6. The van der Waals surface area contributed by atoms with Crippen molar-refractivity contribution < 1.29 is 0 Å². The van der Waals surface area contributed by atoms with Gasteiger partial charge in [0.2, 0.25) is 0 Å². The number of H-pyrrole nitrogens is 1. The number of rotatable bonds is 5. The van der Waals surface area contributed by atoms with E-state index in [1.165, 1.54) is 5.56 Å². The van der Waals surface area contributed by atoms with Crippen molar-refractivity contribution in [2.24, 2.45) is 0 Å². The van der Waals surface area contributed by atoms with Crippen LogP contribution in [-0.2, 0) is 13.1 Å². The molecule has 0 aliphatic rings. The van der Waals surface area contributed by atoms with E-state index in [0.717, 1.165) is 36.5 Å². The number of para-hydroxylation sites is 1. The number of imidazole rings is 1. The number of aryl methyl sites for hydroxylation is 1. The minimum Gasteiger partial charge on any atom is -0.341 e. The smallest absolute Gasteiger partial charge is 0.121 e. The molecule has 0 aliphatic carbocycles. The van der Waals surface area contributed by atoms with Gasteiger partial charge in [0.15, 0.2) is 0 Å². The minimum absolute atomic E-state index is 0.802. The van der Waals surface area contributed by atoms with Crippen molar-refractivity contribution in [1.82, 2.24) is 29.6 Å².